The normalized spacial score (nSPS) is 31.4. The lowest BCUT2D eigenvalue weighted by molar-refractivity contribution is 0.0279. The molecule has 2 nitrogen and oxygen atoms in total. The van der Waals surface area contributed by atoms with E-state index in [-0.39, 0.29) is 0 Å². The fourth-order valence-corrected chi connectivity index (χ4v) is 3.13. The smallest absolute Gasteiger partial charge is 0.126 e. The Balaban J connectivity index is 2.24. The summed E-state index contributed by atoms with van der Waals surface area (Å²) in [4.78, 5) is 4.26. The zero-order valence-electron chi connectivity index (χ0n) is 7.62. The van der Waals surface area contributed by atoms with Crippen molar-refractivity contribution in [2.45, 2.75) is 25.9 Å². The van der Waals surface area contributed by atoms with E-state index in [1.165, 1.54) is 11.3 Å². The van der Waals surface area contributed by atoms with Gasteiger partial charge in [0.2, 0.25) is 0 Å². The van der Waals surface area contributed by atoms with Crippen LogP contribution in [-0.2, 0) is 5.60 Å². The monoisotopic (exact) mass is 261 g/mol. The highest BCUT2D eigenvalue weighted by atomic mass is 79.9. The van der Waals surface area contributed by atoms with Crippen LogP contribution in [0.4, 0.5) is 0 Å². The van der Waals surface area contributed by atoms with Crippen molar-refractivity contribution in [1.82, 2.24) is 4.98 Å². The highest BCUT2D eigenvalue weighted by Crippen LogP contribution is 2.51. The standard InChI is InChI=1S/C9H12BrNOS/c1-5-3-6(5)9(2,12)8-11-7(10)4-13-8/h4-6,12H,3H2,1-2H3. The van der Waals surface area contributed by atoms with E-state index in [2.05, 4.69) is 27.8 Å². The summed E-state index contributed by atoms with van der Waals surface area (Å²) in [5.74, 6) is 1.03. The molecule has 0 aromatic carbocycles. The van der Waals surface area contributed by atoms with Gasteiger partial charge in [-0.2, -0.15) is 0 Å². The molecular formula is C9H12BrNOS. The predicted molar refractivity (Wildman–Crippen MR) is 56.7 cm³/mol. The molecule has 1 aromatic heterocycles. The van der Waals surface area contributed by atoms with Crippen LogP contribution in [0.15, 0.2) is 9.98 Å². The molecule has 0 bridgehead atoms. The number of thiazole rings is 1. The second kappa shape index (κ2) is 3.04. The predicted octanol–water partition coefficient (Wildman–Crippen LogP) is 2.77. The molecule has 0 radical (unpaired) electrons. The van der Waals surface area contributed by atoms with Crippen molar-refractivity contribution in [3.05, 3.63) is 15.0 Å². The maximum absolute atomic E-state index is 10.2. The SMILES string of the molecule is CC1CC1C(C)(O)c1nc(Br)cs1. The topological polar surface area (TPSA) is 33.1 Å². The Hall–Kier alpha value is 0.0700. The Morgan fingerprint density at radius 1 is 1.77 bits per heavy atom. The molecule has 0 aliphatic heterocycles. The van der Waals surface area contributed by atoms with Gasteiger partial charge in [0, 0.05) is 5.38 Å². The molecule has 1 aliphatic carbocycles. The van der Waals surface area contributed by atoms with Crippen LogP contribution in [0, 0.1) is 11.8 Å². The first-order valence-corrected chi connectivity index (χ1v) is 6.03. The zero-order chi connectivity index (χ0) is 9.64. The van der Waals surface area contributed by atoms with Crippen LogP contribution in [0.25, 0.3) is 0 Å². The van der Waals surface area contributed by atoms with Crippen LogP contribution in [0.3, 0.4) is 0 Å². The molecule has 0 amide bonds. The summed E-state index contributed by atoms with van der Waals surface area (Å²) in [6.07, 6.45) is 1.12. The summed E-state index contributed by atoms with van der Waals surface area (Å²) in [7, 11) is 0. The van der Waals surface area contributed by atoms with Gasteiger partial charge >= 0.3 is 0 Å². The Morgan fingerprint density at radius 3 is 2.77 bits per heavy atom. The second-order valence-corrected chi connectivity index (χ2v) is 5.61. The van der Waals surface area contributed by atoms with Crippen molar-refractivity contribution in [2.24, 2.45) is 11.8 Å². The Kier molecular flexibility index (Phi) is 2.25. The van der Waals surface area contributed by atoms with Crippen molar-refractivity contribution in [3.8, 4) is 0 Å². The van der Waals surface area contributed by atoms with Crippen molar-refractivity contribution >= 4 is 27.3 Å². The van der Waals surface area contributed by atoms with Crippen molar-refractivity contribution in [2.75, 3.05) is 0 Å². The van der Waals surface area contributed by atoms with Gasteiger partial charge in [-0.3, -0.25) is 0 Å². The van der Waals surface area contributed by atoms with Crippen molar-refractivity contribution in [3.63, 3.8) is 0 Å². The molecule has 3 atom stereocenters. The van der Waals surface area contributed by atoms with Gasteiger partial charge in [-0.1, -0.05) is 6.92 Å². The zero-order valence-corrected chi connectivity index (χ0v) is 10.0. The molecule has 3 unspecified atom stereocenters. The minimum Gasteiger partial charge on any atom is -0.383 e. The summed E-state index contributed by atoms with van der Waals surface area (Å²) in [5.41, 5.74) is -0.726. The molecule has 1 heterocycles. The van der Waals surface area contributed by atoms with Gasteiger partial charge in [0.25, 0.3) is 0 Å². The molecule has 72 valence electrons. The molecule has 13 heavy (non-hydrogen) atoms. The van der Waals surface area contributed by atoms with E-state index in [4.69, 9.17) is 0 Å². The first-order valence-electron chi connectivity index (χ1n) is 4.35. The molecule has 1 saturated carbocycles. The number of hydrogen-bond acceptors (Lipinski definition) is 3. The van der Waals surface area contributed by atoms with Crippen molar-refractivity contribution < 1.29 is 5.11 Å². The molecule has 1 aromatic rings. The van der Waals surface area contributed by atoms with Gasteiger partial charge in [0.05, 0.1) is 0 Å². The fourth-order valence-electron chi connectivity index (χ4n) is 1.75. The van der Waals surface area contributed by atoms with Crippen LogP contribution < -0.4 is 0 Å². The number of halogens is 1. The van der Waals surface area contributed by atoms with Gasteiger partial charge in [-0.05, 0) is 41.1 Å². The first-order chi connectivity index (χ1) is 6.01. The van der Waals surface area contributed by atoms with E-state index in [1.54, 1.807) is 0 Å². The van der Waals surface area contributed by atoms with Crippen molar-refractivity contribution in [1.29, 1.82) is 0 Å². The first kappa shape index (κ1) is 9.62. The minimum absolute atomic E-state index is 0.394. The highest BCUT2D eigenvalue weighted by Gasteiger charge is 2.49. The molecule has 0 spiro atoms. The lowest BCUT2D eigenvalue weighted by atomic mass is 10.0. The molecular weight excluding hydrogens is 250 g/mol. The molecule has 2 rings (SSSR count). The van der Waals surface area contributed by atoms with E-state index in [1.807, 2.05) is 12.3 Å². The molecule has 0 saturated heterocycles. The third kappa shape index (κ3) is 1.67. The summed E-state index contributed by atoms with van der Waals surface area (Å²) in [6, 6.07) is 0. The molecule has 4 heteroatoms. The van der Waals surface area contributed by atoms with E-state index in [0.717, 1.165) is 16.0 Å². The third-order valence-electron chi connectivity index (χ3n) is 2.74. The van der Waals surface area contributed by atoms with Gasteiger partial charge < -0.3 is 5.11 Å². The summed E-state index contributed by atoms with van der Waals surface area (Å²) >= 11 is 4.82. The van der Waals surface area contributed by atoms with Gasteiger partial charge in [-0.15, -0.1) is 11.3 Å². The number of aromatic nitrogens is 1. The van der Waals surface area contributed by atoms with E-state index in [9.17, 15) is 5.11 Å². The van der Waals surface area contributed by atoms with Crippen LogP contribution in [0.1, 0.15) is 25.3 Å². The fraction of sp³-hybridized carbons (Fsp3) is 0.667. The Labute approximate surface area is 90.1 Å². The highest BCUT2D eigenvalue weighted by molar-refractivity contribution is 9.10. The minimum atomic E-state index is -0.726. The maximum Gasteiger partial charge on any atom is 0.126 e. The third-order valence-corrected chi connectivity index (χ3v) is 4.52. The summed E-state index contributed by atoms with van der Waals surface area (Å²) in [6.45, 7) is 4.04. The van der Waals surface area contributed by atoms with Gasteiger partial charge in [0.15, 0.2) is 0 Å². The van der Waals surface area contributed by atoms with Gasteiger partial charge in [-0.25, -0.2) is 4.98 Å². The average molecular weight is 262 g/mol. The van der Waals surface area contributed by atoms with E-state index in [0.29, 0.717) is 11.8 Å². The average Bonchev–Trinajstić information content (AvgIpc) is 2.60. The summed E-state index contributed by atoms with van der Waals surface area (Å²) < 4.78 is 0.820. The van der Waals surface area contributed by atoms with Crippen LogP contribution in [-0.4, -0.2) is 10.1 Å². The number of aliphatic hydroxyl groups is 1. The maximum atomic E-state index is 10.2. The second-order valence-electron chi connectivity index (χ2n) is 3.94. The summed E-state index contributed by atoms with van der Waals surface area (Å²) in [5, 5.41) is 13.0. The van der Waals surface area contributed by atoms with E-state index < -0.39 is 5.60 Å². The van der Waals surface area contributed by atoms with Crippen LogP contribution >= 0.6 is 27.3 Å². The number of rotatable bonds is 2. The lowest BCUT2D eigenvalue weighted by Gasteiger charge is -2.20. The Morgan fingerprint density at radius 2 is 2.38 bits per heavy atom. The van der Waals surface area contributed by atoms with Crippen LogP contribution in [0.5, 0.6) is 0 Å². The largest absolute Gasteiger partial charge is 0.383 e. The molecule has 1 fully saturated rings. The van der Waals surface area contributed by atoms with E-state index >= 15 is 0 Å². The molecule has 1 aliphatic rings. The quantitative estimate of drug-likeness (QED) is 0.889. The Bertz CT molecular complexity index is 323. The number of nitrogens with zero attached hydrogens (tertiary/aromatic N) is 1. The van der Waals surface area contributed by atoms with Crippen LogP contribution in [0.2, 0.25) is 0 Å². The number of hydrogen-bond donors (Lipinski definition) is 1. The van der Waals surface area contributed by atoms with Gasteiger partial charge in [0.1, 0.15) is 15.2 Å². The molecule has 1 N–H and O–H groups in total. The lowest BCUT2D eigenvalue weighted by Crippen LogP contribution is -2.24.